The summed E-state index contributed by atoms with van der Waals surface area (Å²) in [6.07, 6.45) is 10.7. The van der Waals surface area contributed by atoms with E-state index in [-0.39, 0.29) is 5.54 Å². The van der Waals surface area contributed by atoms with Gasteiger partial charge in [-0.2, -0.15) is 0 Å². The van der Waals surface area contributed by atoms with Crippen LogP contribution in [0.15, 0.2) is 0 Å². The Morgan fingerprint density at radius 1 is 1.24 bits per heavy atom. The van der Waals surface area contributed by atoms with Crippen molar-refractivity contribution in [3.05, 3.63) is 0 Å². The molecule has 1 N–H and O–H groups in total. The predicted molar refractivity (Wildman–Crippen MR) is 74.8 cm³/mol. The predicted octanol–water partition coefficient (Wildman–Crippen LogP) is 3.00. The van der Waals surface area contributed by atoms with Crippen LogP contribution < -0.4 is 5.32 Å². The van der Waals surface area contributed by atoms with Crippen LogP contribution in [0.4, 0.5) is 0 Å². The van der Waals surface area contributed by atoms with Gasteiger partial charge in [-0.05, 0) is 52.2 Å². The molecule has 2 nitrogen and oxygen atoms in total. The normalized spacial score (nSPS) is 29.6. The van der Waals surface area contributed by atoms with E-state index in [1.807, 2.05) is 0 Å². The molecule has 1 saturated carbocycles. The number of nitrogens with one attached hydrogen (secondary N) is 1. The van der Waals surface area contributed by atoms with Crippen molar-refractivity contribution in [2.24, 2.45) is 0 Å². The second-order valence-electron chi connectivity index (χ2n) is 5.97. The van der Waals surface area contributed by atoms with Crippen LogP contribution in [0, 0.1) is 0 Å². The number of alkyl halides is 1. The van der Waals surface area contributed by atoms with Gasteiger partial charge in [0.2, 0.25) is 0 Å². The fourth-order valence-corrected chi connectivity index (χ4v) is 3.78. The first-order valence-corrected chi connectivity index (χ1v) is 7.80. The second kappa shape index (κ2) is 6.40. The lowest BCUT2D eigenvalue weighted by Crippen LogP contribution is -2.47. The summed E-state index contributed by atoms with van der Waals surface area (Å²) in [5, 5.41) is 3.75. The quantitative estimate of drug-likeness (QED) is 0.763. The lowest BCUT2D eigenvalue weighted by atomic mass is 9.97. The third-order valence-corrected chi connectivity index (χ3v) is 5.23. The fourth-order valence-electron chi connectivity index (χ4n) is 3.42. The molecule has 17 heavy (non-hydrogen) atoms. The number of hydrogen-bond donors (Lipinski definition) is 1. The number of likely N-dealkylation sites (tertiary alicyclic amines) is 1. The molecule has 0 aromatic carbocycles. The fraction of sp³-hybridized carbons (Fsp3) is 1.00. The maximum absolute atomic E-state index is 6.14. The van der Waals surface area contributed by atoms with Gasteiger partial charge in [-0.25, -0.2) is 0 Å². The highest BCUT2D eigenvalue weighted by molar-refractivity contribution is 6.18. The molecule has 0 aromatic rings. The first-order chi connectivity index (χ1) is 8.26. The largest absolute Gasteiger partial charge is 0.310 e. The van der Waals surface area contributed by atoms with Gasteiger partial charge in [0.25, 0.3) is 0 Å². The van der Waals surface area contributed by atoms with Gasteiger partial charge in [-0.3, -0.25) is 0 Å². The molecule has 1 unspecified atom stereocenters. The Kier molecular flexibility index (Phi) is 5.13. The Morgan fingerprint density at radius 3 is 2.65 bits per heavy atom. The molecular formula is C14H27ClN2. The minimum atomic E-state index is 0.273. The molecule has 2 fully saturated rings. The topological polar surface area (TPSA) is 15.3 Å². The Bertz CT molecular complexity index is 226. The molecule has 3 heteroatoms. The molecular weight excluding hydrogens is 232 g/mol. The molecule has 0 radical (unpaired) electrons. The molecule has 1 aliphatic heterocycles. The van der Waals surface area contributed by atoms with Gasteiger partial charge < -0.3 is 10.2 Å². The molecule has 2 rings (SSSR count). The molecule has 0 aromatic heterocycles. The summed E-state index contributed by atoms with van der Waals surface area (Å²) < 4.78 is 0. The Labute approximate surface area is 111 Å². The number of halogens is 1. The minimum Gasteiger partial charge on any atom is -0.310 e. The van der Waals surface area contributed by atoms with E-state index in [4.69, 9.17) is 11.6 Å². The zero-order chi connectivity index (χ0) is 12.1. The van der Waals surface area contributed by atoms with E-state index in [9.17, 15) is 0 Å². The van der Waals surface area contributed by atoms with Crippen molar-refractivity contribution < 1.29 is 0 Å². The van der Waals surface area contributed by atoms with Crippen molar-refractivity contribution in [1.82, 2.24) is 10.2 Å². The van der Waals surface area contributed by atoms with Gasteiger partial charge in [0.05, 0.1) is 0 Å². The van der Waals surface area contributed by atoms with Crippen LogP contribution in [0.1, 0.15) is 51.4 Å². The number of piperidine rings is 1. The molecule has 100 valence electrons. The first-order valence-electron chi connectivity index (χ1n) is 7.27. The van der Waals surface area contributed by atoms with Gasteiger partial charge in [0.15, 0.2) is 0 Å². The van der Waals surface area contributed by atoms with Gasteiger partial charge in [0, 0.05) is 17.5 Å². The van der Waals surface area contributed by atoms with Crippen LogP contribution in [-0.2, 0) is 0 Å². The molecule has 0 amide bonds. The van der Waals surface area contributed by atoms with E-state index in [1.54, 1.807) is 0 Å². The molecule has 1 heterocycles. The standard InChI is InChI=1S/C14H27ClN2/c1-17-11-5-2-6-13(17)7-10-16-14(12-15)8-3-4-9-14/h13,16H,2-12H2,1H3. The molecule has 0 bridgehead atoms. The van der Waals surface area contributed by atoms with Crippen LogP contribution in [0.2, 0.25) is 0 Å². The van der Waals surface area contributed by atoms with Gasteiger partial charge in [0.1, 0.15) is 0 Å². The van der Waals surface area contributed by atoms with E-state index in [2.05, 4.69) is 17.3 Å². The van der Waals surface area contributed by atoms with E-state index < -0.39 is 0 Å². The summed E-state index contributed by atoms with van der Waals surface area (Å²) in [4.78, 5) is 2.53. The maximum atomic E-state index is 6.14. The number of hydrogen-bond acceptors (Lipinski definition) is 2. The van der Waals surface area contributed by atoms with Gasteiger partial charge in [-0.15, -0.1) is 11.6 Å². The SMILES string of the molecule is CN1CCCCC1CCNC1(CCl)CCCC1. The molecule has 2 aliphatic rings. The van der Waals surface area contributed by atoms with E-state index >= 15 is 0 Å². The average Bonchev–Trinajstić information content (AvgIpc) is 2.81. The maximum Gasteiger partial charge on any atom is 0.0406 e. The Hall–Kier alpha value is 0.210. The second-order valence-corrected chi connectivity index (χ2v) is 6.23. The number of nitrogens with zero attached hydrogens (tertiary/aromatic N) is 1. The van der Waals surface area contributed by atoms with E-state index in [0.717, 1.165) is 18.5 Å². The highest BCUT2D eigenvalue weighted by Crippen LogP contribution is 2.30. The average molecular weight is 259 g/mol. The lowest BCUT2D eigenvalue weighted by molar-refractivity contribution is 0.171. The third-order valence-electron chi connectivity index (χ3n) is 4.72. The van der Waals surface area contributed by atoms with Crippen LogP contribution in [0.25, 0.3) is 0 Å². The van der Waals surface area contributed by atoms with Crippen molar-refractivity contribution in [3.63, 3.8) is 0 Å². The summed E-state index contributed by atoms with van der Waals surface area (Å²) in [5.41, 5.74) is 0.273. The lowest BCUT2D eigenvalue weighted by Gasteiger charge is -2.34. The molecule has 1 aliphatic carbocycles. The highest BCUT2D eigenvalue weighted by Gasteiger charge is 2.32. The first kappa shape index (κ1) is 13.6. The van der Waals surface area contributed by atoms with Crippen LogP contribution in [0.5, 0.6) is 0 Å². The van der Waals surface area contributed by atoms with E-state index in [0.29, 0.717) is 0 Å². The highest BCUT2D eigenvalue weighted by atomic mass is 35.5. The smallest absolute Gasteiger partial charge is 0.0406 e. The van der Waals surface area contributed by atoms with Gasteiger partial charge >= 0.3 is 0 Å². The molecule has 1 saturated heterocycles. The summed E-state index contributed by atoms with van der Waals surface area (Å²) in [7, 11) is 2.27. The van der Waals surface area contributed by atoms with Crippen LogP contribution in [-0.4, -0.2) is 42.5 Å². The third kappa shape index (κ3) is 3.59. The summed E-state index contributed by atoms with van der Waals surface area (Å²) in [6.45, 7) is 2.42. The van der Waals surface area contributed by atoms with E-state index in [1.165, 1.54) is 57.9 Å². The van der Waals surface area contributed by atoms with Crippen molar-refractivity contribution >= 4 is 11.6 Å². The summed E-state index contributed by atoms with van der Waals surface area (Å²) >= 11 is 6.14. The number of rotatable bonds is 5. The monoisotopic (exact) mass is 258 g/mol. The zero-order valence-electron chi connectivity index (χ0n) is 11.2. The van der Waals surface area contributed by atoms with Crippen molar-refractivity contribution in [3.8, 4) is 0 Å². The minimum absolute atomic E-state index is 0.273. The Morgan fingerprint density at radius 2 is 2.00 bits per heavy atom. The summed E-state index contributed by atoms with van der Waals surface area (Å²) in [5.74, 6) is 0.785. The Balaban J connectivity index is 1.71. The van der Waals surface area contributed by atoms with Crippen LogP contribution >= 0.6 is 11.6 Å². The zero-order valence-corrected chi connectivity index (χ0v) is 11.9. The summed E-state index contributed by atoms with van der Waals surface area (Å²) in [6, 6.07) is 0.796. The van der Waals surface area contributed by atoms with Crippen molar-refractivity contribution in [2.75, 3.05) is 26.0 Å². The van der Waals surface area contributed by atoms with Crippen molar-refractivity contribution in [1.29, 1.82) is 0 Å². The van der Waals surface area contributed by atoms with Crippen LogP contribution in [0.3, 0.4) is 0 Å². The molecule has 1 atom stereocenters. The molecule has 0 spiro atoms. The van der Waals surface area contributed by atoms with Gasteiger partial charge in [-0.1, -0.05) is 19.3 Å². The van der Waals surface area contributed by atoms with Crippen molar-refractivity contribution in [2.45, 2.75) is 62.9 Å².